The van der Waals surface area contributed by atoms with Gasteiger partial charge in [-0.1, -0.05) is 35.9 Å². The number of thioether (sulfide) groups is 1. The molecule has 0 unspecified atom stereocenters. The summed E-state index contributed by atoms with van der Waals surface area (Å²) in [6.45, 7) is 2.10. The quantitative estimate of drug-likeness (QED) is 0.319. The van der Waals surface area contributed by atoms with Crippen LogP contribution in [0, 0.1) is 12.7 Å². The summed E-state index contributed by atoms with van der Waals surface area (Å²) in [5, 5.41) is -0.375. The SMILES string of the molecule is COc1cc(/C=C2\SC(=O)N(Cc3cccc(C)c3)C2=O)ccc1OS(=O)(=O)c1ccc(F)cc1. The number of nitrogens with zero attached hydrogens (tertiary/aromatic N) is 1. The van der Waals surface area contributed by atoms with Crippen LogP contribution in [0.3, 0.4) is 0 Å². The number of amides is 2. The van der Waals surface area contributed by atoms with Gasteiger partial charge in [0.15, 0.2) is 11.5 Å². The van der Waals surface area contributed by atoms with Crippen molar-refractivity contribution in [2.24, 2.45) is 0 Å². The molecule has 0 saturated carbocycles. The van der Waals surface area contributed by atoms with Crippen molar-refractivity contribution in [3.05, 3.63) is 94.1 Å². The summed E-state index contributed by atoms with van der Waals surface area (Å²) in [6, 6.07) is 16.2. The third kappa shape index (κ3) is 5.55. The van der Waals surface area contributed by atoms with Crippen molar-refractivity contribution in [2.45, 2.75) is 18.4 Å². The molecule has 3 aromatic carbocycles. The number of benzene rings is 3. The number of halogens is 1. The lowest BCUT2D eigenvalue weighted by Crippen LogP contribution is -2.27. The maximum absolute atomic E-state index is 13.1. The largest absolute Gasteiger partial charge is 0.493 e. The van der Waals surface area contributed by atoms with Gasteiger partial charge in [0, 0.05) is 0 Å². The van der Waals surface area contributed by atoms with Crippen LogP contribution in [0.25, 0.3) is 6.08 Å². The number of ether oxygens (including phenoxy) is 1. The molecule has 7 nitrogen and oxygen atoms in total. The third-order valence-corrected chi connectivity index (χ3v) is 7.24. The Balaban J connectivity index is 1.55. The summed E-state index contributed by atoms with van der Waals surface area (Å²) in [5.74, 6) is -0.973. The topological polar surface area (TPSA) is 90.0 Å². The van der Waals surface area contributed by atoms with Crippen LogP contribution < -0.4 is 8.92 Å². The van der Waals surface area contributed by atoms with Crippen molar-refractivity contribution in [1.29, 1.82) is 0 Å². The van der Waals surface area contributed by atoms with Gasteiger partial charge in [0.25, 0.3) is 11.1 Å². The van der Waals surface area contributed by atoms with Crippen LogP contribution in [-0.4, -0.2) is 31.6 Å². The van der Waals surface area contributed by atoms with Crippen LogP contribution in [-0.2, 0) is 21.5 Å². The number of methoxy groups -OCH3 is 1. The summed E-state index contributed by atoms with van der Waals surface area (Å²) < 4.78 is 48.6. The number of rotatable bonds is 7. The molecule has 0 spiro atoms. The highest BCUT2D eigenvalue weighted by Crippen LogP contribution is 2.36. The highest BCUT2D eigenvalue weighted by Gasteiger charge is 2.35. The Morgan fingerprint density at radius 3 is 2.43 bits per heavy atom. The Hall–Kier alpha value is -3.63. The lowest BCUT2D eigenvalue weighted by atomic mass is 10.1. The van der Waals surface area contributed by atoms with Crippen molar-refractivity contribution < 1.29 is 31.3 Å². The molecule has 0 N–H and O–H groups in total. The van der Waals surface area contributed by atoms with Gasteiger partial charge >= 0.3 is 10.1 Å². The molecule has 0 bridgehead atoms. The third-order valence-electron chi connectivity index (χ3n) is 5.08. The second-order valence-electron chi connectivity index (χ2n) is 7.66. The number of aryl methyl sites for hydroxylation is 1. The molecule has 1 aliphatic rings. The van der Waals surface area contributed by atoms with E-state index in [4.69, 9.17) is 8.92 Å². The van der Waals surface area contributed by atoms with Crippen molar-refractivity contribution in [2.75, 3.05) is 7.11 Å². The summed E-state index contributed by atoms with van der Waals surface area (Å²) in [6.07, 6.45) is 1.53. The average molecular weight is 514 g/mol. The zero-order valence-electron chi connectivity index (χ0n) is 18.7. The molecule has 0 atom stereocenters. The smallest absolute Gasteiger partial charge is 0.339 e. The van der Waals surface area contributed by atoms with Crippen LogP contribution >= 0.6 is 11.8 Å². The number of hydrogen-bond donors (Lipinski definition) is 0. The Kier molecular flexibility index (Phi) is 6.95. The van der Waals surface area contributed by atoms with Gasteiger partial charge in [0.2, 0.25) is 0 Å². The summed E-state index contributed by atoms with van der Waals surface area (Å²) >= 11 is 0.826. The minimum absolute atomic E-state index is 0.0819. The lowest BCUT2D eigenvalue weighted by Gasteiger charge is -2.13. The van der Waals surface area contributed by atoms with E-state index in [1.165, 1.54) is 36.3 Å². The van der Waals surface area contributed by atoms with E-state index in [1.54, 1.807) is 0 Å². The van der Waals surface area contributed by atoms with Crippen LogP contribution in [0.15, 0.2) is 76.5 Å². The number of hydrogen-bond acceptors (Lipinski definition) is 7. The molecule has 0 aliphatic carbocycles. The van der Waals surface area contributed by atoms with Gasteiger partial charge in [0.1, 0.15) is 10.7 Å². The maximum Gasteiger partial charge on any atom is 0.339 e. The van der Waals surface area contributed by atoms with Crippen molar-refractivity contribution >= 4 is 39.1 Å². The molecule has 1 aliphatic heterocycles. The molecule has 180 valence electrons. The fraction of sp³-hybridized carbons (Fsp3) is 0.120. The summed E-state index contributed by atoms with van der Waals surface area (Å²) in [7, 11) is -2.89. The summed E-state index contributed by atoms with van der Waals surface area (Å²) in [5.41, 5.74) is 2.38. The standard InChI is InChI=1S/C25H20FNO6S2/c1-16-4-3-5-18(12-16)15-27-24(28)23(34-25(27)29)14-17-6-11-21(22(13-17)32-2)33-35(30,31)20-9-7-19(26)8-10-20/h3-14H,15H2,1-2H3/b23-14-. The second-order valence-corrected chi connectivity index (χ2v) is 10.2. The molecule has 1 fully saturated rings. The Morgan fingerprint density at radius 1 is 1.00 bits per heavy atom. The fourth-order valence-electron chi connectivity index (χ4n) is 3.39. The van der Waals surface area contributed by atoms with E-state index in [-0.39, 0.29) is 33.1 Å². The van der Waals surface area contributed by atoms with E-state index in [2.05, 4.69) is 0 Å². The highest BCUT2D eigenvalue weighted by atomic mass is 32.2. The predicted molar refractivity (Wildman–Crippen MR) is 130 cm³/mol. The maximum atomic E-state index is 13.1. The first-order valence-corrected chi connectivity index (χ1v) is 12.6. The molecular formula is C25H20FNO6S2. The van der Waals surface area contributed by atoms with Gasteiger partial charge in [-0.15, -0.1) is 0 Å². The van der Waals surface area contributed by atoms with E-state index in [0.29, 0.717) is 5.56 Å². The lowest BCUT2D eigenvalue weighted by molar-refractivity contribution is -0.123. The monoisotopic (exact) mass is 513 g/mol. The molecule has 10 heteroatoms. The zero-order chi connectivity index (χ0) is 25.2. The molecule has 1 saturated heterocycles. The first-order chi connectivity index (χ1) is 16.7. The van der Waals surface area contributed by atoms with Gasteiger partial charge in [-0.05, 0) is 72.3 Å². The van der Waals surface area contributed by atoms with E-state index in [9.17, 15) is 22.4 Å². The molecule has 3 aromatic rings. The average Bonchev–Trinajstić information content (AvgIpc) is 3.07. The van der Waals surface area contributed by atoms with Crippen molar-refractivity contribution in [3.8, 4) is 11.5 Å². The van der Waals surface area contributed by atoms with Gasteiger partial charge in [-0.3, -0.25) is 14.5 Å². The first-order valence-electron chi connectivity index (χ1n) is 10.4. The molecule has 2 amide bonds. The van der Waals surface area contributed by atoms with Gasteiger partial charge in [-0.2, -0.15) is 8.42 Å². The zero-order valence-corrected chi connectivity index (χ0v) is 20.4. The first kappa shape index (κ1) is 24.5. The van der Waals surface area contributed by atoms with E-state index in [0.717, 1.165) is 47.2 Å². The van der Waals surface area contributed by atoms with Crippen LogP contribution in [0.2, 0.25) is 0 Å². The molecular weight excluding hydrogens is 493 g/mol. The van der Waals surface area contributed by atoms with Crippen molar-refractivity contribution in [1.82, 2.24) is 4.90 Å². The molecule has 4 rings (SSSR count). The van der Waals surface area contributed by atoms with Crippen LogP contribution in [0.4, 0.5) is 9.18 Å². The van der Waals surface area contributed by atoms with Crippen LogP contribution in [0.5, 0.6) is 11.5 Å². The van der Waals surface area contributed by atoms with Gasteiger partial charge in [-0.25, -0.2) is 4.39 Å². The Morgan fingerprint density at radius 2 is 1.74 bits per heavy atom. The fourth-order valence-corrected chi connectivity index (χ4v) is 5.17. The Bertz CT molecular complexity index is 1430. The molecule has 0 aromatic heterocycles. The molecule has 0 radical (unpaired) electrons. The normalized spacial score (nSPS) is 15.1. The van der Waals surface area contributed by atoms with Gasteiger partial charge < -0.3 is 8.92 Å². The number of imide groups is 1. The predicted octanol–water partition coefficient (Wildman–Crippen LogP) is 5.15. The van der Waals surface area contributed by atoms with Crippen molar-refractivity contribution in [3.63, 3.8) is 0 Å². The second kappa shape index (κ2) is 9.93. The molecule has 35 heavy (non-hydrogen) atoms. The van der Waals surface area contributed by atoms with Gasteiger partial charge in [0.05, 0.1) is 18.6 Å². The minimum atomic E-state index is -4.23. The summed E-state index contributed by atoms with van der Waals surface area (Å²) in [4.78, 5) is 26.5. The van der Waals surface area contributed by atoms with E-state index < -0.39 is 21.8 Å². The number of carbonyl (C=O) groups is 2. The van der Waals surface area contributed by atoms with Crippen LogP contribution in [0.1, 0.15) is 16.7 Å². The highest BCUT2D eigenvalue weighted by molar-refractivity contribution is 8.18. The van der Waals surface area contributed by atoms with E-state index in [1.807, 2.05) is 31.2 Å². The Labute approximate surface area is 206 Å². The minimum Gasteiger partial charge on any atom is -0.493 e. The van der Waals surface area contributed by atoms with E-state index >= 15 is 0 Å². The molecule has 1 heterocycles. The number of carbonyl (C=O) groups excluding carboxylic acids is 2.